The minimum Gasteiger partial charge on any atom is -0.508 e. The maximum atomic E-state index is 14.3. The molecule has 0 aromatic heterocycles. The van der Waals surface area contributed by atoms with E-state index in [2.05, 4.69) is 0 Å². The van der Waals surface area contributed by atoms with E-state index in [4.69, 9.17) is 4.74 Å². The van der Waals surface area contributed by atoms with Crippen LogP contribution >= 0.6 is 0 Å². The summed E-state index contributed by atoms with van der Waals surface area (Å²) in [6.45, 7) is 1.81. The van der Waals surface area contributed by atoms with Crippen molar-refractivity contribution in [2.24, 2.45) is 0 Å². The van der Waals surface area contributed by atoms with Crippen LogP contribution < -0.4 is 4.74 Å². The van der Waals surface area contributed by atoms with Gasteiger partial charge in [-0.05, 0) is 31.2 Å². The summed E-state index contributed by atoms with van der Waals surface area (Å²) in [6.07, 6.45) is 0. The molecule has 0 fully saturated rings. The van der Waals surface area contributed by atoms with E-state index in [1.807, 2.05) is 6.92 Å². The van der Waals surface area contributed by atoms with E-state index in [-0.39, 0.29) is 21.8 Å². The van der Waals surface area contributed by atoms with Gasteiger partial charge in [0.15, 0.2) is 21.4 Å². The Morgan fingerprint density at radius 1 is 0.929 bits per heavy atom. The first kappa shape index (κ1) is 19.8. The largest absolute Gasteiger partial charge is 0.508 e. The molecule has 28 heavy (non-hydrogen) atoms. The Bertz CT molecular complexity index is 1110. The zero-order chi connectivity index (χ0) is 20.5. The molecular formula is C21H18F2O4S. The second kappa shape index (κ2) is 7.59. The highest BCUT2D eigenvalue weighted by Gasteiger charge is 2.36. The summed E-state index contributed by atoms with van der Waals surface area (Å²) >= 11 is 0. The highest BCUT2D eigenvalue weighted by Crippen LogP contribution is 2.43. The standard InChI is InChI=1S/C21H18F2O4S/c1-13-7-9-14(10-8-13)28(25,26)21(15-5-3-4-6-18(15)24)16-11-12-17(22)19(23)20(16)27-2/h3-12,21,24H,1-2H3. The molecule has 0 aliphatic rings. The topological polar surface area (TPSA) is 63.6 Å². The van der Waals surface area contributed by atoms with Crippen molar-refractivity contribution in [2.75, 3.05) is 7.11 Å². The Morgan fingerprint density at radius 3 is 2.18 bits per heavy atom. The van der Waals surface area contributed by atoms with E-state index in [9.17, 15) is 22.3 Å². The predicted octanol–water partition coefficient (Wildman–Crippen LogP) is 4.55. The van der Waals surface area contributed by atoms with Gasteiger partial charge in [0.25, 0.3) is 0 Å². The first-order chi connectivity index (χ1) is 13.3. The maximum Gasteiger partial charge on any atom is 0.200 e. The zero-order valence-electron chi connectivity index (χ0n) is 15.2. The Balaban J connectivity index is 2.33. The fourth-order valence-corrected chi connectivity index (χ4v) is 4.88. The van der Waals surface area contributed by atoms with Crippen molar-refractivity contribution in [1.82, 2.24) is 0 Å². The Kier molecular flexibility index (Phi) is 5.38. The number of phenols is 1. The molecule has 3 aromatic rings. The lowest BCUT2D eigenvalue weighted by molar-refractivity contribution is 0.367. The molecule has 0 radical (unpaired) electrons. The zero-order valence-corrected chi connectivity index (χ0v) is 16.0. The van der Waals surface area contributed by atoms with Crippen LogP contribution in [-0.2, 0) is 9.84 Å². The molecule has 0 spiro atoms. The number of phenolic OH excluding ortho intramolecular Hbond substituents is 1. The van der Waals surface area contributed by atoms with Crippen molar-refractivity contribution in [2.45, 2.75) is 17.1 Å². The Hall–Kier alpha value is -2.93. The molecule has 0 saturated carbocycles. The van der Waals surface area contributed by atoms with Gasteiger partial charge >= 0.3 is 0 Å². The van der Waals surface area contributed by atoms with Crippen molar-refractivity contribution in [1.29, 1.82) is 0 Å². The molecule has 7 heteroatoms. The average molecular weight is 404 g/mol. The number of rotatable bonds is 5. The van der Waals surface area contributed by atoms with Gasteiger partial charge in [0.05, 0.1) is 12.0 Å². The summed E-state index contributed by atoms with van der Waals surface area (Å²) in [5.74, 6) is -3.26. The number of hydrogen-bond acceptors (Lipinski definition) is 4. The number of para-hydroxylation sites is 1. The summed E-state index contributed by atoms with van der Waals surface area (Å²) < 4.78 is 60.0. The average Bonchev–Trinajstić information content (AvgIpc) is 2.67. The third-order valence-corrected chi connectivity index (χ3v) is 6.50. The van der Waals surface area contributed by atoms with Crippen LogP contribution in [0.25, 0.3) is 0 Å². The molecule has 0 aliphatic carbocycles. The van der Waals surface area contributed by atoms with Crippen LogP contribution in [0.3, 0.4) is 0 Å². The molecule has 0 saturated heterocycles. The van der Waals surface area contributed by atoms with E-state index in [1.165, 1.54) is 30.3 Å². The van der Waals surface area contributed by atoms with E-state index < -0.39 is 32.5 Å². The van der Waals surface area contributed by atoms with Crippen molar-refractivity contribution in [3.8, 4) is 11.5 Å². The van der Waals surface area contributed by atoms with E-state index in [0.717, 1.165) is 24.8 Å². The van der Waals surface area contributed by atoms with Gasteiger partial charge in [-0.1, -0.05) is 42.0 Å². The number of aryl methyl sites for hydroxylation is 1. The van der Waals surface area contributed by atoms with Crippen LogP contribution in [0.5, 0.6) is 11.5 Å². The van der Waals surface area contributed by atoms with Crippen molar-refractivity contribution in [3.63, 3.8) is 0 Å². The smallest absolute Gasteiger partial charge is 0.200 e. The number of halogens is 2. The Labute approximate surface area is 162 Å². The third-order valence-electron chi connectivity index (χ3n) is 4.45. The molecule has 0 bridgehead atoms. The summed E-state index contributed by atoms with van der Waals surface area (Å²) in [4.78, 5) is -0.0156. The number of benzene rings is 3. The van der Waals surface area contributed by atoms with Gasteiger partial charge in [-0.15, -0.1) is 0 Å². The SMILES string of the molecule is COc1c(C(c2ccccc2O)S(=O)(=O)c2ccc(C)cc2)ccc(F)c1F. The van der Waals surface area contributed by atoms with E-state index >= 15 is 0 Å². The fourth-order valence-electron chi connectivity index (χ4n) is 3.04. The van der Waals surface area contributed by atoms with Gasteiger partial charge in [-0.25, -0.2) is 12.8 Å². The van der Waals surface area contributed by atoms with Gasteiger partial charge < -0.3 is 9.84 Å². The monoisotopic (exact) mass is 404 g/mol. The molecule has 146 valence electrons. The van der Waals surface area contributed by atoms with Crippen molar-refractivity contribution in [3.05, 3.63) is 89.0 Å². The molecule has 4 nitrogen and oxygen atoms in total. The van der Waals surface area contributed by atoms with Crippen molar-refractivity contribution < 1.29 is 27.0 Å². The second-order valence-electron chi connectivity index (χ2n) is 6.28. The minimum absolute atomic E-state index is 0.0156. The van der Waals surface area contributed by atoms with Crippen LogP contribution in [0.15, 0.2) is 65.6 Å². The summed E-state index contributed by atoms with van der Waals surface area (Å²) in [6, 6.07) is 14.0. The highest BCUT2D eigenvalue weighted by molar-refractivity contribution is 7.92. The number of hydrogen-bond donors (Lipinski definition) is 1. The third kappa shape index (κ3) is 3.45. The Morgan fingerprint density at radius 2 is 1.57 bits per heavy atom. The maximum absolute atomic E-state index is 14.3. The van der Waals surface area contributed by atoms with Gasteiger partial charge in [0.1, 0.15) is 11.0 Å². The number of ether oxygens (including phenoxy) is 1. The summed E-state index contributed by atoms with van der Waals surface area (Å²) in [5, 5.41) is 8.81. The number of aromatic hydroxyl groups is 1. The fraction of sp³-hybridized carbons (Fsp3) is 0.143. The van der Waals surface area contributed by atoms with Gasteiger partial charge in [0, 0.05) is 11.1 Å². The van der Waals surface area contributed by atoms with E-state index in [0.29, 0.717) is 0 Å². The van der Waals surface area contributed by atoms with Crippen LogP contribution in [0, 0.1) is 18.6 Å². The molecule has 3 aromatic carbocycles. The molecule has 3 rings (SSSR count). The van der Waals surface area contributed by atoms with Crippen LogP contribution in [-0.4, -0.2) is 20.6 Å². The van der Waals surface area contributed by atoms with Gasteiger partial charge in [-0.3, -0.25) is 0 Å². The second-order valence-corrected chi connectivity index (χ2v) is 8.31. The van der Waals surface area contributed by atoms with E-state index in [1.54, 1.807) is 18.2 Å². The lowest BCUT2D eigenvalue weighted by Gasteiger charge is -2.22. The van der Waals surface area contributed by atoms with Crippen molar-refractivity contribution >= 4 is 9.84 Å². The molecule has 0 aliphatic heterocycles. The molecule has 1 atom stereocenters. The summed E-state index contributed by atoms with van der Waals surface area (Å²) in [7, 11) is -3.01. The first-order valence-electron chi connectivity index (χ1n) is 8.37. The quantitative estimate of drug-likeness (QED) is 0.678. The minimum atomic E-state index is -4.14. The predicted molar refractivity (Wildman–Crippen MR) is 101 cm³/mol. The van der Waals surface area contributed by atoms with Crippen LogP contribution in [0.4, 0.5) is 8.78 Å². The molecule has 0 heterocycles. The van der Waals surface area contributed by atoms with Gasteiger partial charge in [-0.2, -0.15) is 4.39 Å². The highest BCUT2D eigenvalue weighted by atomic mass is 32.2. The molecule has 1 unspecified atom stereocenters. The number of sulfone groups is 1. The summed E-state index contributed by atoms with van der Waals surface area (Å²) in [5.41, 5.74) is 0.791. The lowest BCUT2D eigenvalue weighted by Crippen LogP contribution is -2.17. The van der Waals surface area contributed by atoms with Crippen LogP contribution in [0.2, 0.25) is 0 Å². The number of methoxy groups -OCH3 is 1. The van der Waals surface area contributed by atoms with Gasteiger partial charge in [0.2, 0.25) is 5.82 Å². The molecule has 1 N–H and O–H groups in total. The first-order valence-corrected chi connectivity index (χ1v) is 9.92. The van der Waals surface area contributed by atoms with Crippen LogP contribution in [0.1, 0.15) is 21.9 Å². The molecular weight excluding hydrogens is 386 g/mol. The normalized spacial score (nSPS) is 12.6. The molecule has 0 amide bonds. The lowest BCUT2D eigenvalue weighted by atomic mass is 10.0.